The van der Waals surface area contributed by atoms with Crippen LogP contribution in [-0.2, 0) is 4.79 Å². The van der Waals surface area contributed by atoms with Crippen molar-refractivity contribution in [2.75, 3.05) is 0 Å². The topological polar surface area (TPSA) is 113 Å². The molecule has 50 valence electrons. The molecule has 0 aromatic rings. The van der Waals surface area contributed by atoms with Crippen LogP contribution in [0.1, 0.15) is 0 Å². The minimum Gasteiger partial charge on any atom is -0.480 e. The van der Waals surface area contributed by atoms with Crippen molar-refractivity contribution in [2.24, 2.45) is 11.5 Å². The maximum Gasteiger partial charge on any atom is 0.323 e. The number of nitrogens with two attached hydrogens (primary N) is 2. The van der Waals surface area contributed by atoms with E-state index < -0.39 is 18.1 Å². The third-order valence-corrected chi connectivity index (χ3v) is 0.821. The summed E-state index contributed by atoms with van der Waals surface area (Å²) in [5, 5.41) is 16.2. The maximum atomic E-state index is 9.94. The zero-order valence-corrected chi connectivity index (χ0v) is 4.61. The van der Waals surface area contributed by atoms with Crippen molar-refractivity contribution in [1.29, 1.82) is 5.26 Å². The van der Waals surface area contributed by atoms with Gasteiger partial charge in [-0.05, 0) is 0 Å². The molecule has 0 aliphatic rings. The van der Waals surface area contributed by atoms with E-state index in [9.17, 15) is 4.79 Å². The van der Waals surface area contributed by atoms with Crippen molar-refractivity contribution < 1.29 is 9.90 Å². The number of aliphatic carboxylic acids is 1. The maximum absolute atomic E-state index is 9.94. The van der Waals surface area contributed by atoms with Gasteiger partial charge in [-0.2, -0.15) is 5.26 Å². The van der Waals surface area contributed by atoms with Gasteiger partial charge in [-0.15, -0.1) is 0 Å². The fourth-order valence-electron chi connectivity index (χ4n) is 0.234. The molecule has 2 atom stereocenters. The molecule has 2 unspecified atom stereocenters. The number of carbonyl (C=O) groups is 1. The molecule has 5 heteroatoms. The molecular formula is C4H7N3O2. The number of carboxylic acids is 1. The van der Waals surface area contributed by atoms with Crippen molar-refractivity contribution >= 4 is 5.97 Å². The Morgan fingerprint density at radius 2 is 2.11 bits per heavy atom. The average molecular weight is 129 g/mol. The highest BCUT2D eigenvalue weighted by Gasteiger charge is 2.19. The van der Waals surface area contributed by atoms with Crippen LogP contribution < -0.4 is 11.5 Å². The van der Waals surface area contributed by atoms with Crippen molar-refractivity contribution in [2.45, 2.75) is 12.1 Å². The van der Waals surface area contributed by atoms with Crippen LogP contribution in [0.15, 0.2) is 0 Å². The Morgan fingerprint density at radius 1 is 1.67 bits per heavy atom. The normalized spacial score (nSPS) is 15.7. The highest BCUT2D eigenvalue weighted by Crippen LogP contribution is 1.82. The Hall–Kier alpha value is -1.12. The second-order valence-electron chi connectivity index (χ2n) is 1.52. The van der Waals surface area contributed by atoms with Gasteiger partial charge in [-0.3, -0.25) is 4.79 Å². The third kappa shape index (κ3) is 2.08. The Kier molecular flexibility index (Phi) is 2.64. The largest absolute Gasteiger partial charge is 0.480 e. The Labute approximate surface area is 51.9 Å². The van der Waals surface area contributed by atoms with E-state index in [-0.39, 0.29) is 0 Å². The first-order chi connectivity index (χ1) is 4.09. The van der Waals surface area contributed by atoms with E-state index in [4.69, 9.17) is 21.8 Å². The molecular weight excluding hydrogens is 122 g/mol. The monoisotopic (exact) mass is 129 g/mol. The lowest BCUT2D eigenvalue weighted by molar-refractivity contribution is -0.138. The average Bonchev–Trinajstić information content (AvgIpc) is 1.84. The quantitative estimate of drug-likeness (QED) is 0.409. The molecule has 0 rings (SSSR count). The first-order valence-electron chi connectivity index (χ1n) is 2.23. The summed E-state index contributed by atoms with van der Waals surface area (Å²) in [6.45, 7) is 0. The standard InChI is InChI=1S/C4H7N3O2/c5-1-2(6)3(7)4(8)9/h2-3H,6-7H2,(H,8,9). The fourth-order valence-corrected chi connectivity index (χ4v) is 0.234. The highest BCUT2D eigenvalue weighted by molar-refractivity contribution is 5.74. The van der Waals surface area contributed by atoms with Gasteiger partial charge in [0.15, 0.2) is 0 Å². The lowest BCUT2D eigenvalue weighted by Gasteiger charge is -2.05. The summed E-state index contributed by atoms with van der Waals surface area (Å²) in [5.74, 6) is -1.26. The molecule has 0 fully saturated rings. The van der Waals surface area contributed by atoms with Gasteiger partial charge >= 0.3 is 5.97 Å². The first-order valence-corrected chi connectivity index (χ1v) is 2.23. The van der Waals surface area contributed by atoms with Crippen LogP contribution >= 0.6 is 0 Å². The van der Waals surface area contributed by atoms with Crippen LogP contribution in [0, 0.1) is 11.3 Å². The molecule has 9 heavy (non-hydrogen) atoms. The van der Waals surface area contributed by atoms with Crippen LogP contribution in [0.4, 0.5) is 0 Å². The van der Waals surface area contributed by atoms with E-state index in [1.54, 1.807) is 0 Å². The number of hydrogen-bond donors (Lipinski definition) is 3. The van der Waals surface area contributed by atoms with Crippen molar-refractivity contribution in [3.63, 3.8) is 0 Å². The van der Waals surface area contributed by atoms with Gasteiger partial charge in [-0.25, -0.2) is 0 Å². The Balaban J connectivity index is 3.91. The zero-order valence-electron chi connectivity index (χ0n) is 4.61. The van der Waals surface area contributed by atoms with Crippen molar-refractivity contribution in [3.8, 4) is 6.07 Å². The van der Waals surface area contributed by atoms with Gasteiger partial charge in [0.25, 0.3) is 0 Å². The number of nitriles is 1. The number of carboxylic acid groups (broad SMARTS) is 1. The Bertz CT molecular complexity index is 150. The molecule has 0 aliphatic carbocycles. The van der Waals surface area contributed by atoms with Gasteiger partial charge in [-0.1, -0.05) is 0 Å². The predicted molar refractivity (Wildman–Crippen MR) is 29.2 cm³/mol. The van der Waals surface area contributed by atoms with Gasteiger partial charge in [0.05, 0.1) is 6.07 Å². The van der Waals surface area contributed by atoms with Gasteiger partial charge in [0.1, 0.15) is 12.1 Å². The molecule has 0 aliphatic heterocycles. The summed E-state index contributed by atoms with van der Waals surface area (Å²) < 4.78 is 0. The van der Waals surface area contributed by atoms with Crippen LogP contribution in [0.25, 0.3) is 0 Å². The molecule has 0 radical (unpaired) electrons. The van der Waals surface area contributed by atoms with Crippen LogP contribution in [0.5, 0.6) is 0 Å². The predicted octanol–water partition coefficient (Wildman–Crippen LogP) is -1.75. The summed E-state index contributed by atoms with van der Waals surface area (Å²) in [6, 6.07) is -0.887. The smallest absolute Gasteiger partial charge is 0.323 e. The Morgan fingerprint density at radius 3 is 2.22 bits per heavy atom. The van der Waals surface area contributed by atoms with Crippen LogP contribution in [-0.4, -0.2) is 23.2 Å². The van der Waals surface area contributed by atoms with E-state index in [1.165, 1.54) is 6.07 Å². The summed E-state index contributed by atoms with van der Waals surface area (Å²) in [7, 11) is 0. The van der Waals surface area contributed by atoms with Gasteiger partial charge < -0.3 is 16.6 Å². The molecule has 5 nitrogen and oxygen atoms in total. The zero-order chi connectivity index (χ0) is 7.44. The summed E-state index contributed by atoms with van der Waals surface area (Å²) in [4.78, 5) is 9.94. The first kappa shape index (κ1) is 7.88. The molecule has 0 saturated carbocycles. The number of hydrogen-bond acceptors (Lipinski definition) is 4. The molecule has 0 saturated heterocycles. The van der Waals surface area contributed by atoms with Gasteiger partial charge in [0.2, 0.25) is 0 Å². The third-order valence-electron chi connectivity index (χ3n) is 0.821. The van der Waals surface area contributed by atoms with E-state index in [0.717, 1.165) is 0 Å². The molecule has 0 aromatic heterocycles. The van der Waals surface area contributed by atoms with E-state index >= 15 is 0 Å². The number of nitrogens with zero attached hydrogens (tertiary/aromatic N) is 1. The molecule has 0 spiro atoms. The van der Waals surface area contributed by atoms with Crippen LogP contribution in [0.2, 0.25) is 0 Å². The molecule has 0 amide bonds. The SMILES string of the molecule is N#CC(N)C(N)C(=O)O. The second kappa shape index (κ2) is 3.02. The van der Waals surface area contributed by atoms with Crippen molar-refractivity contribution in [1.82, 2.24) is 0 Å². The lowest BCUT2D eigenvalue weighted by atomic mass is 10.2. The molecule has 5 N–H and O–H groups in total. The molecule has 0 heterocycles. The number of rotatable bonds is 2. The summed E-state index contributed by atoms with van der Waals surface area (Å²) in [6.07, 6.45) is 0. The molecule has 0 aromatic carbocycles. The van der Waals surface area contributed by atoms with Crippen LogP contribution in [0.3, 0.4) is 0 Å². The van der Waals surface area contributed by atoms with E-state index in [0.29, 0.717) is 0 Å². The summed E-state index contributed by atoms with van der Waals surface area (Å²) >= 11 is 0. The minimum absolute atomic E-state index is 1.12. The summed E-state index contributed by atoms with van der Waals surface area (Å²) in [5.41, 5.74) is 9.87. The highest BCUT2D eigenvalue weighted by atomic mass is 16.4. The second-order valence-corrected chi connectivity index (χ2v) is 1.52. The van der Waals surface area contributed by atoms with E-state index in [2.05, 4.69) is 0 Å². The molecule has 0 bridgehead atoms. The van der Waals surface area contributed by atoms with Gasteiger partial charge in [0, 0.05) is 0 Å². The van der Waals surface area contributed by atoms with Crippen molar-refractivity contribution in [3.05, 3.63) is 0 Å². The minimum atomic E-state index is -1.28. The van der Waals surface area contributed by atoms with E-state index in [1.807, 2.05) is 0 Å². The fraction of sp³-hybridized carbons (Fsp3) is 0.500. The lowest BCUT2D eigenvalue weighted by Crippen LogP contribution is -2.46.